The van der Waals surface area contributed by atoms with E-state index in [0.717, 1.165) is 43.5 Å². The Labute approximate surface area is 198 Å². The largest absolute Gasteiger partial charge is 0.416 e. The van der Waals surface area contributed by atoms with E-state index < -0.39 is 11.7 Å². The first kappa shape index (κ1) is 26.0. The van der Waals surface area contributed by atoms with E-state index in [1.54, 1.807) is 6.07 Å². The highest BCUT2D eigenvalue weighted by molar-refractivity contribution is 5.90. The van der Waals surface area contributed by atoms with Crippen molar-refractivity contribution >= 4 is 11.4 Å². The van der Waals surface area contributed by atoms with Gasteiger partial charge in [-0.15, -0.1) is 0 Å². The van der Waals surface area contributed by atoms with Crippen LogP contribution in [0.15, 0.2) is 35.3 Å². The van der Waals surface area contributed by atoms with Crippen LogP contribution >= 0.6 is 0 Å². The lowest BCUT2D eigenvalue weighted by Gasteiger charge is -2.31. The SMILES string of the molecule is CCC(C)/C=C(\N=C(C)C1CCC(CNC2CCCCC2)CC1)c1cccc(C(F)(F)F)c1. The number of benzene rings is 1. The van der Waals surface area contributed by atoms with Gasteiger partial charge >= 0.3 is 6.18 Å². The Bertz CT molecular complexity index is 798. The van der Waals surface area contributed by atoms with E-state index in [1.807, 2.05) is 6.08 Å². The molecule has 1 unspecified atom stereocenters. The van der Waals surface area contributed by atoms with Crippen molar-refractivity contribution in [1.29, 1.82) is 0 Å². The van der Waals surface area contributed by atoms with Crippen LogP contribution in [0.3, 0.4) is 0 Å². The molecule has 5 heteroatoms. The van der Waals surface area contributed by atoms with Gasteiger partial charge in [0.05, 0.1) is 11.3 Å². The maximum absolute atomic E-state index is 13.3. The Morgan fingerprint density at radius 3 is 2.42 bits per heavy atom. The summed E-state index contributed by atoms with van der Waals surface area (Å²) in [7, 11) is 0. The number of rotatable bonds is 8. The molecule has 0 aliphatic heterocycles. The van der Waals surface area contributed by atoms with Gasteiger partial charge in [0.15, 0.2) is 0 Å². The minimum Gasteiger partial charge on any atom is -0.314 e. The van der Waals surface area contributed by atoms with Crippen molar-refractivity contribution in [3.63, 3.8) is 0 Å². The number of alkyl halides is 3. The molecule has 33 heavy (non-hydrogen) atoms. The Morgan fingerprint density at radius 1 is 1.09 bits per heavy atom. The summed E-state index contributed by atoms with van der Waals surface area (Å²) in [5.41, 5.74) is 1.67. The second-order valence-corrected chi connectivity index (χ2v) is 10.2. The summed E-state index contributed by atoms with van der Waals surface area (Å²) < 4.78 is 39.8. The third-order valence-electron chi connectivity index (χ3n) is 7.61. The highest BCUT2D eigenvalue weighted by Crippen LogP contribution is 2.34. The average molecular weight is 463 g/mol. The van der Waals surface area contributed by atoms with Crippen LogP contribution in [0.5, 0.6) is 0 Å². The van der Waals surface area contributed by atoms with Crippen molar-refractivity contribution in [2.75, 3.05) is 6.54 Å². The third-order valence-corrected chi connectivity index (χ3v) is 7.61. The van der Waals surface area contributed by atoms with Crippen molar-refractivity contribution in [2.45, 2.75) is 97.2 Å². The lowest BCUT2D eigenvalue weighted by atomic mass is 9.79. The van der Waals surface area contributed by atoms with Gasteiger partial charge in [-0.2, -0.15) is 13.2 Å². The minimum atomic E-state index is -4.35. The van der Waals surface area contributed by atoms with Crippen LogP contribution in [0.1, 0.15) is 96.1 Å². The fourth-order valence-electron chi connectivity index (χ4n) is 5.15. The zero-order valence-electron chi connectivity index (χ0n) is 20.6. The van der Waals surface area contributed by atoms with Crippen LogP contribution in [0.4, 0.5) is 13.2 Å². The van der Waals surface area contributed by atoms with E-state index >= 15 is 0 Å². The normalized spacial score (nSPS) is 24.7. The highest BCUT2D eigenvalue weighted by Gasteiger charge is 2.31. The van der Waals surface area contributed by atoms with Crippen LogP contribution in [-0.2, 0) is 6.18 Å². The zero-order valence-corrected chi connectivity index (χ0v) is 20.6. The molecule has 3 rings (SSSR count). The topological polar surface area (TPSA) is 24.4 Å². The first-order chi connectivity index (χ1) is 15.8. The molecule has 2 saturated carbocycles. The molecule has 0 aromatic heterocycles. The van der Waals surface area contributed by atoms with Gasteiger partial charge in [-0.05, 0) is 81.9 Å². The molecule has 1 atom stereocenters. The van der Waals surface area contributed by atoms with E-state index in [4.69, 9.17) is 4.99 Å². The summed E-state index contributed by atoms with van der Waals surface area (Å²) in [6, 6.07) is 6.30. The van der Waals surface area contributed by atoms with Gasteiger partial charge in [0.1, 0.15) is 0 Å². The minimum absolute atomic E-state index is 0.257. The quantitative estimate of drug-likeness (QED) is 0.386. The van der Waals surface area contributed by atoms with E-state index in [0.29, 0.717) is 23.2 Å². The van der Waals surface area contributed by atoms with E-state index in [-0.39, 0.29) is 5.92 Å². The molecule has 0 spiro atoms. The number of aliphatic imine (C=N–C) groups is 1. The lowest BCUT2D eigenvalue weighted by Crippen LogP contribution is -2.36. The second kappa shape index (κ2) is 12.2. The molecule has 0 radical (unpaired) electrons. The maximum Gasteiger partial charge on any atom is 0.416 e. The van der Waals surface area contributed by atoms with Gasteiger partial charge in [0, 0.05) is 17.3 Å². The monoisotopic (exact) mass is 462 g/mol. The fraction of sp³-hybridized carbons (Fsp3) is 0.679. The maximum atomic E-state index is 13.3. The van der Waals surface area contributed by atoms with Gasteiger partial charge < -0.3 is 5.32 Å². The molecule has 0 heterocycles. The van der Waals surface area contributed by atoms with Crippen LogP contribution in [0.2, 0.25) is 0 Å². The van der Waals surface area contributed by atoms with Crippen LogP contribution in [0.25, 0.3) is 5.70 Å². The number of nitrogens with one attached hydrogen (secondary N) is 1. The fourth-order valence-corrected chi connectivity index (χ4v) is 5.15. The van der Waals surface area contributed by atoms with Crippen molar-refractivity contribution in [3.8, 4) is 0 Å². The van der Waals surface area contributed by atoms with Crippen molar-refractivity contribution in [2.24, 2.45) is 22.7 Å². The van der Waals surface area contributed by atoms with E-state index in [1.165, 1.54) is 57.1 Å². The number of nitrogens with zero attached hydrogens (tertiary/aromatic N) is 1. The van der Waals surface area contributed by atoms with Crippen molar-refractivity contribution in [3.05, 3.63) is 41.5 Å². The predicted octanol–water partition coefficient (Wildman–Crippen LogP) is 8.28. The summed E-state index contributed by atoms with van der Waals surface area (Å²) in [6.07, 6.45) is 9.99. The van der Waals surface area contributed by atoms with E-state index in [9.17, 15) is 13.2 Å². The highest BCUT2D eigenvalue weighted by atomic mass is 19.4. The molecule has 184 valence electrons. The van der Waals surface area contributed by atoms with Crippen LogP contribution in [-0.4, -0.2) is 18.3 Å². The van der Waals surface area contributed by atoms with E-state index in [2.05, 4.69) is 26.1 Å². The van der Waals surface area contributed by atoms with Crippen LogP contribution in [0, 0.1) is 17.8 Å². The molecule has 0 bridgehead atoms. The predicted molar refractivity (Wildman–Crippen MR) is 132 cm³/mol. The van der Waals surface area contributed by atoms with Gasteiger partial charge in [0.25, 0.3) is 0 Å². The third kappa shape index (κ3) is 7.98. The first-order valence-electron chi connectivity index (χ1n) is 12.9. The second-order valence-electron chi connectivity index (χ2n) is 10.2. The Balaban J connectivity index is 1.65. The zero-order chi connectivity index (χ0) is 23.8. The Hall–Kier alpha value is -1.62. The van der Waals surface area contributed by atoms with Crippen molar-refractivity contribution in [1.82, 2.24) is 5.32 Å². The van der Waals surface area contributed by atoms with Crippen LogP contribution < -0.4 is 5.32 Å². The molecule has 2 fully saturated rings. The molecule has 2 aliphatic carbocycles. The molecule has 0 saturated heterocycles. The molecule has 2 nitrogen and oxygen atoms in total. The summed E-state index contributed by atoms with van der Waals surface area (Å²) in [4.78, 5) is 4.92. The molecular formula is C28H41F3N2. The first-order valence-corrected chi connectivity index (χ1v) is 12.9. The van der Waals surface area contributed by atoms with Gasteiger partial charge in [-0.3, -0.25) is 4.99 Å². The summed E-state index contributed by atoms with van der Waals surface area (Å²) in [5, 5.41) is 3.80. The van der Waals surface area contributed by atoms with Gasteiger partial charge in [-0.1, -0.05) is 57.7 Å². The Kier molecular flexibility index (Phi) is 9.60. The summed E-state index contributed by atoms with van der Waals surface area (Å²) >= 11 is 0. The van der Waals surface area contributed by atoms with Gasteiger partial charge in [-0.25, -0.2) is 0 Å². The van der Waals surface area contributed by atoms with Crippen molar-refractivity contribution < 1.29 is 13.2 Å². The molecule has 1 aromatic carbocycles. The standard InChI is InChI=1S/C28H41F3N2/c1-4-20(2)17-27(24-9-8-10-25(18-24)28(29,30)31)33-21(3)23-15-13-22(14-16-23)19-32-26-11-6-5-7-12-26/h8-10,17-18,20,22-23,26,32H,4-7,11-16,19H2,1-3H3/b27-17-,33-21?. The number of halogens is 3. The number of hydrogen-bond donors (Lipinski definition) is 1. The molecule has 1 N–H and O–H groups in total. The summed E-state index contributed by atoms with van der Waals surface area (Å²) in [6.45, 7) is 7.35. The molecular weight excluding hydrogens is 421 g/mol. The number of hydrogen-bond acceptors (Lipinski definition) is 2. The average Bonchev–Trinajstić information content (AvgIpc) is 2.82. The smallest absolute Gasteiger partial charge is 0.314 e. The molecule has 1 aromatic rings. The number of allylic oxidation sites excluding steroid dienone is 1. The molecule has 2 aliphatic rings. The molecule has 0 amide bonds. The lowest BCUT2D eigenvalue weighted by molar-refractivity contribution is -0.137. The van der Waals surface area contributed by atoms with Gasteiger partial charge in [0.2, 0.25) is 0 Å². The summed E-state index contributed by atoms with van der Waals surface area (Å²) in [5.74, 6) is 1.41. The Morgan fingerprint density at radius 2 is 1.79 bits per heavy atom.